The molecule has 2 N–H and O–H groups in total. The lowest BCUT2D eigenvalue weighted by molar-refractivity contribution is -0.118. The van der Waals surface area contributed by atoms with Gasteiger partial charge in [0.2, 0.25) is 5.91 Å². The van der Waals surface area contributed by atoms with Crippen molar-refractivity contribution in [1.29, 1.82) is 0 Å². The number of anilines is 1. The van der Waals surface area contributed by atoms with Gasteiger partial charge in [-0.2, -0.15) is 5.10 Å². The fourth-order valence-corrected chi connectivity index (χ4v) is 4.05. The van der Waals surface area contributed by atoms with Gasteiger partial charge in [-0.1, -0.05) is 30.4 Å². The molecular weight excluding hydrogens is 341 g/mol. The molecule has 0 saturated heterocycles. The van der Waals surface area contributed by atoms with Gasteiger partial charge in [-0.3, -0.25) is 4.79 Å². The van der Waals surface area contributed by atoms with Gasteiger partial charge in [0, 0.05) is 18.5 Å². The second-order valence-corrected chi connectivity index (χ2v) is 7.19. The van der Waals surface area contributed by atoms with E-state index in [1.807, 2.05) is 25.1 Å². The number of fused-ring (bicyclic) bond motifs is 3. The number of nitrogens with zero attached hydrogens (tertiary/aromatic N) is 1. The van der Waals surface area contributed by atoms with E-state index in [0.717, 1.165) is 28.9 Å². The van der Waals surface area contributed by atoms with E-state index >= 15 is 0 Å². The largest absolute Gasteiger partial charge is 0.378 e. The van der Waals surface area contributed by atoms with Crippen molar-refractivity contribution in [2.45, 2.75) is 32.2 Å². The Morgan fingerprint density at radius 2 is 1.96 bits per heavy atom. The average Bonchev–Trinajstić information content (AvgIpc) is 3.16. The number of rotatable bonds is 3. The lowest BCUT2D eigenvalue weighted by atomic mass is 9.76. The van der Waals surface area contributed by atoms with Crippen LogP contribution in [0.2, 0.25) is 0 Å². The number of hydrogen-bond acceptors (Lipinski definition) is 3. The summed E-state index contributed by atoms with van der Waals surface area (Å²) in [6.07, 6.45) is 5.49. The van der Waals surface area contributed by atoms with E-state index < -0.39 is 0 Å². The van der Waals surface area contributed by atoms with Crippen LogP contribution in [0.3, 0.4) is 0 Å². The third-order valence-electron chi connectivity index (χ3n) is 5.39. The van der Waals surface area contributed by atoms with E-state index in [-0.39, 0.29) is 17.8 Å². The summed E-state index contributed by atoms with van der Waals surface area (Å²) in [6.45, 7) is 3.33. The number of allylic oxidation sites excluding steroid dienone is 2. The summed E-state index contributed by atoms with van der Waals surface area (Å²) in [5, 5.41) is 7.79. The normalized spacial score (nSPS) is 23.4. The fraction of sp³-hybridized carbons (Fsp3) is 0.273. The lowest BCUT2D eigenvalue weighted by Gasteiger charge is -2.37. The van der Waals surface area contributed by atoms with Gasteiger partial charge in [0.1, 0.15) is 5.82 Å². The highest BCUT2D eigenvalue weighted by molar-refractivity contribution is 5.99. The van der Waals surface area contributed by atoms with Crippen LogP contribution in [0.5, 0.6) is 0 Å². The molecule has 0 radical (unpaired) electrons. The molecule has 5 heteroatoms. The molecule has 1 amide bonds. The summed E-state index contributed by atoms with van der Waals surface area (Å²) in [5.41, 5.74) is 7.69. The Labute approximate surface area is 158 Å². The van der Waals surface area contributed by atoms with E-state index in [1.165, 1.54) is 24.6 Å². The van der Waals surface area contributed by atoms with Crippen LogP contribution in [0.4, 0.5) is 10.1 Å². The minimum atomic E-state index is -0.213. The van der Waals surface area contributed by atoms with E-state index in [2.05, 4.69) is 40.1 Å². The summed E-state index contributed by atoms with van der Waals surface area (Å²) >= 11 is 0. The van der Waals surface area contributed by atoms with Crippen molar-refractivity contribution in [2.75, 3.05) is 5.32 Å². The fourth-order valence-electron chi connectivity index (χ4n) is 4.05. The topological polar surface area (TPSA) is 53.5 Å². The summed E-state index contributed by atoms with van der Waals surface area (Å²) in [7, 11) is 0. The molecule has 0 spiro atoms. The first-order valence-corrected chi connectivity index (χ1v) is 9.17. The zero-order valence-corrected chi connectivity index (χ0v) is 15.4. The van der Waals surface area contributed by atoms with Crippen molar-refractivity contribution in [3.63, 3.8) is 0 Å². The Bertz CT molecular complexity index is 933. The predicted molar refractivity (Wildman–Crippen MR) is 105 cm³/mol. The number of hydrazone groups is 1. The zero-order chi connectivity index (χ0) is 19.0. The molecule has 2 aromatic rings. The maximum absolute atomic E-state index is 13.3. The van der Waals surface area contributed by atoms with Gasteiger partial charge in [-0.25, -0.2) is 9.82 Å². The highest BCUT2D eigenvalue weighted by atomic mass is 19.1. The van der Waals surface area contributed by atoms with Crippen molar-refractivity contribution in [3.8, 4) is 0 Å². The molecule has 4 nitrogen and oxygen atoms in total. The molecule has 0 aromatic heterocycles. The van der Waals surface area contributed by atoms with Crippen LogP contribution in [0, 0.1) is 11.7 Å². The monoisotopic (exact) mass is 363 g/mol. The molecule has 1 aliphatic carbocycles. The molecule has 0 fully saturated rings. The molecule has 3 atom stereocenters. The van der Waals surface area contributed by atoms with Crippen LogP contribution in [0.25, 0.3) is 0 Å². The number of hydrogen-bond donors (Lipinski definition) is 2. The Hall–Kier alpha value is -2.95. The van der Waals surface area contributed by atoms with Crippen LogP contribution >= 0.6 is 0 Å². The van der Waals surface area contributed by atoms with Gasteiger partial charge in [0.15, 0.2) is 0 Å². The van der Waals surface area contributed by atoms with Gasteiger partial charge in [0.05, 0.1) is 11.8 Å². The van der Waals surface area contributed by atoms with E-state index in [9.17, 15) is 9.18 Å². The molecule has 27 heavy (non-hydrogen) atoms. The van der Waals surface area contributed by atoms with Crippen LogP contribution in [0.15, 0.2) is 59.7 Å². The van der Waals surface area contributed by atoms with Gasteiger partial charge >= 0.3 is 0 Å². The maximum atomic E-state index is 13.3. The summed E-state index contributed by atoms with van der Waals surface area (Å²) < 4.78 is 13.3. The maximum Gasteiger partial charge on any atom is 0.236 e. The summed E-state index contributed by atoms with van der Waals surface area (Å²) in [6, 6.07) is 13.2. The molecule has 0 saturated carbocycles. The standard InChI is InChI=1S/C22H22FN3O/c1-13(25-26-14(2)27)16-8-11-21-20(12-16)18-4-3-5-19(18)22(24-21)15-6-9-17(23)10-7-15/h3-4,6-12,18-19,22,24H,5H2,1-2H3,(H,26,27)/b25-13-/t18-,19+,22+/m1/s1. The third kappa shape index (κ3) is 3.37. The minimum absolute atomic E-state index is 0.151. The number of nitrogens with one attached hydrogen (secondary N) is 2. The first-order chi connectivity index (χ1) is 13.0. The quantitative estimate of drug-likeness (QED) is 0.479. The average molecular weight is 363 g/mol. The van der Waals surface area contributed by atoms with Crippen molar-refractivity contribution in [2.24, 2.45) is 11.0 Å². The number of carbonyl (C=O) groups excluding carboxylic acids is 1. The highest BCUT2D eigenvalue weighted by Crippen LogP contribution is 2.49. The summed E-state index contributed by atoms with van der Waals surface area (Å²) in [4.78, 5) is 11.1. The third-order valence-corrected chi connectivity index (χ3v) is 5.39. The van der Waals surface area contributed by atoms with Gasteiger partial charge in [0.25, 0.3) is 0 Å². The first kappa shape index (κ1) is 17.5. The van der Waals surface area contributed by atoms with Crippen molar-refractivity contribution < 1.29 is 9.18 Å². The van der Waals surface area contributed by atoms with Crippen LogP contribution in [0.1, 0.15) is 48.9 Å². The van der Waals surface area contributed by atoms with Crippen LogP contribution < -0.4 is 10.7 Å². The number of carbonyl (C=O) groups is 1. The second kappa shape index (κ2) is 6.99. The van der Waals surface area contributed by atoms with E-state index in [1.54, 1.807) is 0 Å². The molecule has 1 aliphatic heterocycles. The predicted octanol–water partition coefficient (Wildman–Crippen LogP) is 4.51. The molecule has 4 rings (SSSR count). The first-order valence-electron chi connectivity index (χ1n) is 9.17. The summed E-state index contributed by atoms with van der Waals surface area (Å²) in [5.74, 6) is 0.306. The number of benzene rings is 2. The minimum Gasteiger partial charge on any atom is -0.378 e. The van der Waals surface area contributed by atoms with Gasteiger partial charge < -0.3 is 5.32 Å². The van der Waals surface area contributed by atoms with Gasteiger partial charge in [-0.05, 0) is 60.2 Å². The van der Waals surface area contributed by atoms with Crippen LogP contribution in [-0.2, 0) is 4.79 Å². The number of halogens is 1. The second-order valence-electron chi connectivity index (χ2n) is 7.19. The highest BCUT2D eigenvalue weighted by Gasteiger charge is 2.37. The van der Waals surface area contributed by atoms with Crippen molar-refractivity contribution in [1.82, 2.24) is 5.43 Å². The smallest absolute Gasteiger partial charge is 0.236 e. The van der Waals surface area contributed by atoms with Gasteiger partial charge in [-0.15, -0.1) is 0 Å². The zero-order valence-electron chi connectivity index (χ0n) is 15.4. The SMILES string of the molecule is CC(=O)N/N=C(/C)c1ccc2c(c1)[C@@H]1C=CC[C@@H]1[C@H](c1ccc(F)cc1)N2. The molecule has 0 unspecified atom stereocenters. The molecule has 0 bridgehead atoms. The van der Waals surface area contributed by atoms with E-state index in [4.69, 9.17) is 0 Å². The molecular formula is C22H22FN3O. The van der Waals surface area contributed by atoms with Crippen LogP contribution in [-0.4, -0.2) is 11.6 Å². The molecule has 1 heterocycles. The Morgan fingerprint density at radius 1 is 1.19 bits per heavy atom. The molecule has 138 valence electrons. The van der Waals surface area contributed by atoms with Crippen molar-refractivity contribution in [3.05, 3.63) is 77.1 Å². The Morgan fingerprint density at radius 3 is 2.70 bits per heavy atom. The Kier molecular flexibility index (Phi) is 4.52. The lowest BCUT2D eigenvalue weighted by Crippen LogP contribution is -2.29. The molecule has 2 aromatic carbocycles. The Balaban J connectivity index is 1.68. The van der Waals surface area contributed by atoms with Crippen molar-refractivity contribution >= 4 is 17.3 Å². The number of amides is 1. The van der Waals surface area contributed by atoms with E-state index in [0.29, 0.717) is 11.8 Å². The molecule has 2 aliphatic rings.